The summed E-state index contributed by atoms with van der Waals surface area (Å²) in [7, 11) is 0. The maximum absolute atomic E-state index is 3.94. The number of aromatic nitrogens is 2. The molecule has 0 radical (unpaired) electrons. The van der Waals surface area contributed by atoms with Crippen molar-refractivity contribution >= 4 is 5.57 Å². The van der Waals surface area contributed by atoms with Gasteiger partial charge in [-0.15, -0.1) is 0 Å². The minimum Gasteiger partial charge on any atom is -0.345 e. The van der Waals surface area contributed by atoms with E-state index in [0.29, 0.717) is 0 Å². The molecule has 1 rings (SSSR count). The average molecular weight is 160 g/mol. The van der Waals surface area contributed by atoms with E-state index in [1.165, 1.54) is 0 Å². The first kappa shape index (κ1) is 8.53. The lowest BCUT2D eigenvalue weighted by molar-refractivity contribution is 1.30. The first-order valence-electron chi connectivity index (χ1n) is 3.82. The second-order valence-corrected chi connectivity index (χ2v) is 2.32. The molecule has 0 aromatic carbocycles. The minimum atomic E-state index is 1.01. The second-order valence-electron chi connectivity index (χ2n) is 2.32. The smallest absolute Gasteiger partial charge is 0.0924 e. The van der Waals surface area contributed by atoms with E-state index in [-0.39, 0.29) is 0 Å². The zero-order valence-electron chi connectivity index (χ0n) is 7.12. The van der Waals surface area contributed by atoms with Crippen molar-refractivity contribution in [1.29, 1.82) is 0 Å². The van der Waals surface area contributed by atoms with Gasteiger partial charge in [-0.1, -0.05) is 30.9 Å². The van der Waals surface area contributed by atoms with Crippen LogP contribution >= 0.6 is 0 Å². The molecule has 12 heavy (non-hydrogen) atoms. The second kappa shape index (κ2) is 4.34. The van der Waals surface area contributed by atoms with E-state index in [2.05, 4.69) is 16.5 Å². The molecule has 0 unspecified atom stereocenters. The van der Waals surface area contributed by atoms with Gasteiger partial charge in [0.15, 0.2) is 0 Å². The van der Waals surface area contributed by atoms with Crippen molar-refractivity contribution in [3.05, 3.63) is 49.1 Å². The number of nitrogens with zero attached hydrogens (tertiary/aromatic N) is 1. The van der Waals surface area contributed by atoms with Crippen molar-refractivity contribution in [2.24, 2.45) is 0 Å². The predicted octanol–water partition coefficient (Wildman–Crippen LogP) is 2.56. The first-order chi connectivity index (χ1) is 5.88. The molecule has 1 heterocycles. The van der Waals surface area contributed by atoms with E-state index in [1.54, 1.807) is 18.6 Å². The zero-order valence-corrected chi connectivity index (χ0v) is 7.12. The monoisotopic (exact) mass is 160 g/mol. The van der Waals surface area contributed by atoms with E-state index >= 15 is 0 Å². The lowest BCUT2D eigenvalue weighted by Gasteiger charge is -1.94. The summed E-state index contributed by atoms with van der Waals surface area (Å²) in [4.78, 5) is 6.97. The van der Waals surface area contributed by atoms with Gasteiger partial charge in [0.25, 0.3) is 0 Å². The highest BCUT2D eigenvalue weighted by molar-refractivity contribution is 5.72. The molecule has 1 N–H and O–H groups in total. The molecule has 1 aromatic heterocycles. The molecular formula is C10H12N2. The summed E-state index contributed by atoms with van der Waals surface area (Å²) in [6.45, 7) is 5.63. The first-order valence-corrected chi connectivity index (χ1v) is 3.82. The van der Waals surface area contributed by atoms with Gasteiger partial charge in [-0.05, 0) is 12.5 Å². The summed E-state index contributed by atoms with van der Waals surface area (Å²) in [5.74, 6) is 0. The third-order valence-electron chi connectivity index (χ3n) is 1.45. The number of aromatic amines is 1. The standard InChI is InChI=1S/C10H12N2/c1-3-5-9(6-4-2)10-7-11-8-12-10/h3-8H,1H2,2H3,(H,11,12)/b6-4-,9-5+. The molecule has 2 heteroatoms. The highest BCUT2D eigenvalue weighted by atomic mass is 14.9. The number of hydrogen-bond acceptors (Lipinski definition) is 1. The Morgan fingerprint density at radius 1 is 1.67 bits per heavy atom. The number of nitrogens with one attached hydrogen (secondary N) is 1. The maximum Gasteiger partial charge on any atom is 0.0924 e. The van der Waals surface area contributed by atoms with Gasteiger partial charge in [0, 0.05) is 0 Å². The molecule has 0 bridgehead atoms. The van der Waals surface area contributed by atoms with Gasteiger partial charge in [-0.3, -0.25) is 0 Å². The predicted molar refractivity (Wildman–Crippen MR) is 51.6 cm³/mol. The number of imidazole rings is 1. The van der Waals surface area contributed by atoms with Crippen molar-refractivity contribution in [2.75, 3.05) is 0 Å². The molecular weight excluding hydrogens is 148 g/mol. The Labute approximate surface area is 72.3 Å². The lowest BCUT2D eigenvalue weighted by Crippen LogP contribution is -1.78. The maximum atomic E-state index is 3.94. The molecule has 2 nitrogen and oxygen atoms in total. The van der Waals surface area contributed by atoms with Gasteiger partial charge in [-0.2, -0.15) is 0 Å². The van der Waals surface area contributed by atoms with Crippen LogP contribution < -0.4 is 0 Å². The van der Waals surface area contributed by atoms with Crippen molar-refractivity contribution < 1.29 is 0 Å². The summed E-state index contributed by atoms with van der Waals surface area (Å²) >= 11 is 0. The highest BCUT2D eigenvalue weighted by Crippen LogP contribution is 2.11. The van der Waals surface area contributed by atoms with Crippen LogP contribution in [0, 0.1) is 0 Å². The van der Waals surface area contributed by atoms with Crippen LogP contribution in [0.15, 0.2) is 43.4 Å². The molecule has 0 saturated heterocycles. The van der Waals surface area contributed by atoms with E-state index in [0.717, 1.165) is 11.3 Å². The summed E-state index contributed by atoms with van der Waals surface area (Å²) in [6, 6.07) is 0. The summed E-state index contributed by atoms with van der Waals surface area (Å²) in [5.41, 5.74) is 2.10. The van der Waals surface area contributed by atoms with Crippen LogP contribution in [0.3, 0.4) is 0 Å². The molecule has 0 atom stereocenters. The molecule has 0 aliphatic heterocycles. The van der Waals surface area contributed by atoms with Gasteiger partial charge >= 0.3 is 0 Å². The van der Waals surface area contributed by atoms with Crippen LogP contribution in [0.1, 0.15) is 12.6 Å². The molecule has 0 aliphatic rings. The number of hydrogen-bond donors (Lipinski definition) is 1. The quantitative estimate of drug-likeness (QED) is 0.676. The SMILES string of the molecule is C=C/C=C(\C=C/C)c1cnc[nH]1. The Bertz CT molecular complexity index is 292. The average Bonchev–Trinajstić information content (AvgIpc) is 2.56. The molecule has 0 fully saturated rings. The molecule has 62 valence electrons. The summed E-state index contributed by atoms with van der Waals surface area (Å²) in [6.07, 6.45) is 11.1. The fourth-order valence-corrected chi connectivity index (χ4v) is 0.955. The fourth-order valence-electron chi connectivity index (χ4n) is 0.955. The van der Waals surface area contributed by atoms with Crippen LogP contribution in [0.25, 0.3) is 5.57 Å². The molecule has 1 aromatic rings. The zero-order chi connectivity index (χ0) is 8.81. The Balaban J connectivity index is 2.95. The third kappa shape index (κ3) is 1.95. The highest BCUT2D eigenvalue weighted by Gasteiger charge is 1.95. The van der Waals surface area contributed by atoms with Crippen molar-refractivity contribution in [2.45, 2.75) is 6.92 Å². The fraction of sp³-hybridized carbons (Fsp3) is 0.100. The van der Waals surface area contributed by atoms with Crippen LogP contribution in [0.2, 0.25) is 0 Å². The molecule has 0 saturated carbocycles. The van der Waals surface area contributed by atoms with E-state index < -0.39 is 0 Å². The van der Waals surface area contributed by atoms with E-state index in [1.807, 2.05) is 25.2 Å². The van der Waals surface area contributed by atoms with E-state index in [9.17, 15) is 0 Å². The summed E-state index contributed by atoms with van der Waals surface area (Å²) in [5, 5.41) is 0. The Morgan fingerprint density at radius 3 is 3.00 bits per heavy atom. The van der Waals surface area contributed by atoms with Crippen molar-refractivity contribution in [3.8, 4) is 0 Å². The van der Waals surface area contributed by atoms with Crippen molar-refractivity contribution in [1.82, 2.24) is 9.97 Å². The van der Waals surface area contributed by atoms with E-state index in [4.69, 9.17) is 0 Å². The normalized spacial score (nSPS) is 12.2. The lowest BCUT2D eigenvalue weighted by atomic mass is 10.2. The third-order valence-corrected chi connectivity index (χ3v) is 1.45. The van der Waals surface area contributed by atoms with Crippen molar-refractivity contribution in [3.63, 3.8) is 0 Å². The van der Waals surface area contributed by atoms with Gasteiger partial charge in [0.2, 0.25) is 0 Å². The summed E-state index contributed by atoms with van der Waals surface area (Å²) < 4.78 is 0. The van der Waals surface area contributed by atoms with Crippen LogP contribution in [0.5, 0.6) is 0 Å². The van der Waals surface area contributed by atoms with Crippen LogP contribution in [-0.2, 0) is 0 Å². The Hall–Kier alpha value is -1.57. The largest absolute Gasteiger partial charge is 0.345 e. The Morgan fingerprint density at radius 2 is 2.50 bits per heavy atom. The van der Waals surface area contributed by atoms with Crippen LogP contribution in [0.4, 0.5) is 0 Å². The topological polar surface area (TPSA) is 28.7 Å². The molecule has 0 aliphatic carbocycles. The Kier molecular flexibility index (Phi) is 3.08. The number of allylic oxidation sites excluding steroid dienone is 5. The van der Waals surface area contributed by atoms with Gasteiger partial charge in [-0.25, -0.2) is 4.98 Å². The van der Waals surface area contributed by atoms with Gasteiger partial charge in [0.05, 0.1) is 18.2 Å². The number of rotatable bonds is 3. The molecule has 0 amide bonds. The minimum absolute atomic E-state index is 1.01. The molecule has 0 spiro atoms. The van der Waals surface area contributed by atoms with Crippen LogP contribution in [-0.4, -0.2) is 9.97 Å². The number of H-pyrrole nitrogens is 1. The van der Waals surface area contributed by atoms with Gasteiger partial charge < -0.3 is 4.98 Å². The van der Waals surface area contributed by atoms with Gasteiger partial charge in [0.1, 0.15) is 0 Å².